The van der Waals surface area contributed by atoms with Crippen LogP contribution >= 0.6 is 11.3 Å². The summed E-state index contributed by atoms with van der Waals surface area (Å²) in [6, 6.07) is 6.19. The van der Waals surface area contributed by atoms with Crippen LogP contribution in [0.15, 0.2) is 29.6 Å². The van der Waals surface area contributed by atoms with Crippen molar-refractivity contribution >= 4 is 40.4 Å². The largest absolute Gasteiger partial charge is 0.397 e. The second-order valence-corrected chi connectivity index (χ2v) is 5.12. The number of amides is 3. The van der Waals surface area contributed by atoms with Gasteiger partial charge in [0.2, 0.25) is 0 Å². The number of rotatable bonds is 2. The SMILES string of the molecule is Nc1ccsc1C(=O)Nc1ccc2c(c1)C(=O)NC2=O. The molecule has 1 aromatic carbocycles. The number of anilines is 2. The molecule has 0 atom stereocenters. The Kier molecular flexibility index (Phi) is 2.76. The summed E-state index contributed by atoms with van der Waals surface area (Å²) in [5, 5.41) is 6.56. The van der Waals surface area contributed by atoms with Crippen LogP contribution in [0.5, 0.6) is 0 Å². The molecule has 0 fully saturated rings. The fourth-order valence-electron chi connectivity index (χ4n) is 1.94. The van der Waals surface area contributed by atoms with Gasteiger partial charge in [0.25, 0.3) is 17.7 Å². The molecule has 0 saturated carbocycles. The number of nitrogens with one attached hydrogen (secondary N) is 2. The average Bonchev–Trinajstić information content (AvgIpc) is 2.95. The number of fused-ring (bicyclic) bond motifs is 1. The second kappa shape index (κ2) is 4.46. The summed E-state index contributed by atoms with van der Waals surface area (Å²) in [6.07, 6.45) is 0. The van der Waals surface area contributed by atoms with E-state index >= 15 is 0 Å². The van der Waals surface area contributed by atoms with Crippen LogP contribution in [0.4, 0.5) is 11.4 Å². The van der Waals surface area contributed by atoms with Gasteiger partial charge in [0.15, 0.2) is 0 Å². The molecule has 3 rings (SSSR count). The summed E-state index contributed by atoms with van der Waals surface area (Å²) in [6.45, 7) is 0. The Bertz CT molecular complexity index is 751. The van der Waals surface area contributed by atoms with Crippen LogP contribution < -0.4 is 16.4 Å². The molecule has 1 aromatic heterocycles. The molecule has 0 spiro atoms. The molecule has 3 amide bonds. The first-order valence-corrected chi connectivity index (χ1v) is 6.58. The lowest BCUT2D eigenvalue weighted by Gasteiger charge is -2.05. The second-order valence-electron chi connectivity index (χ2n) is 4.20. The Hall–Kier alpha value is -2.67. The van der Waals surface area contributed by atoms with E-state index in [0.29, 0.717) is 21.8 Å². The molecule has 2 heterocycles. The quantitative estimate of drug-likeness (QED) is 0.728. The number of carbonyl (C=O) groups excluding carboxylic acids is 3. The number of hydrogen-bond acceptors (Lipinski definition) is 5. The fourth-order valence-corrected chi connectivity index (χ4v) is 2.65. The van der Waals surface area contributed by atoms with Crippen LogP contribution in [-0.2, 0) is 0 Å². The van der Waals surface area contributed by atoms with E-state index in [0.717, 1.165) is 0 Å². The average molecular weight is 287 g/mol. The highest BCUT2D eigenvalue weighted by Gasteiger charge is 2.26. The molecule has 4 N–H and O–H groups in total. The summed E-state index contributed by atoms with van der Waals surface area (Å²) in [7, 11) is 0. The predicted molar refractivity (Wildman–Crippen MR) is 74.9 cm³/mol. The standard InChI is InChI=1S/C13H9N3O3S/c14-9-3-4-20-10(9)13(19)15-6-1-2-7-8(5-6)12(18)16-11(7)17/h1-5H,14H2,(H,15,19)(H,16,17,18). The van der Waals surface area contributed by atoms with Crippen molar-refractivity contribution in [3.8, 4) is 0 Å². The van der Waals surface area contributed by atoms with Crippen LogP contribution in [0, 0.1) is 0 Å². The van der Waals surface area contributed by atoms with E-state index in [4.69, 9.17) is 5.73 Å². The van der Waals surface area contributed by atoms with Crippen molar-refractivity contribution in [2.45, 2.75) is 0 Å². The molecule has 0 unspecified atom stereocenters. The van der Waals surface area contributed by atoms with E-state index in [-0.39, 0.29) is 11.5 Å². The van der Waals surface area contributed by atoms with E-state index in [1.54, 1.807) is 17.5 Å². The van der Waals surface area contributed by atoms with Gasteiger partial charge in [-0.25, -0.2) is 0 Å². The van der Waals surface area contributed by atoms with Gasteiger partial charge in [-0.2, -0.15) is 0 Å². The van der Waals surface area contributed by atoms with Gasteiger partial charge in [0.1, 0.15) is 4.88 Å². The highest BCUT2D eigenvalue weighted by Crippen LogP contribution is 2.23. The summed E-state index contributed by atoms with van der Waals surface area (Å²) < 4.78 is 0. The Morgan fingerprint density at radius 2 is 1.90 bits per heavy atom. The lowest BCUT2D eigenvalue weighted by atomic mass is 10.1. The Balaban J connectivity index is 1.88. The Morgan fingerprint density at radius 1 is 1.15 bits per heavy atom. The van der Waals surface area contributed by atoms with E-state index in [1.807, 2.05) is 0 Å². The van der Waals surface area contributed by atoms with E-state index in [9.17, 15) is 14.4 Å². The summed E-state index contributed by atoms with van der Waals surface area (Å²) >= 11 is 1.23. The Morgan fingerprint density at radius 3 is 2.60 bits per heavy atom. The smallest absolute Gasteiger partial charge is 0.267 e. The van der Waals surface area contributed by atoms with E-state index in [1.165, 1.54) is 23.5 Å². The maximum Gasteiger partial charge on any atom is 0.267 e. The van der Waals surface area contributed by atoms with Crippen LogP contribution in [0.2, 0.25) is 0 Å². The third-order valence-corrected chi connectivity index (χ3v) is 3.82. The fraction of sp³-hybridized carbons (Fsp3) is 0. The molecule has 7 heteroatoms. The van der Waals surface area contributed by atoms with Crippen molar-refractivity contribution in [3.63, 3.8) is 0 Å². The third kappa shape index (κ3) is 1.94. The lowest BCUT2D eigenvalue weighted by Crippen LogP contribution is -2.19. The van der Waals surface area contributed by atoms with Gasteiger partial charge < -0.3 is 11.1 Å². The molecule has 0 saturated heterocycles. The van der Waals surface area contributed by atoms with Gasteiger partial charge >= 0.3 is 0 Å². The van der Waals surface area contributed by atoms with Gasteiger partial charge in [-0.3, -0.25) is 19.7 Å². The van der Waals surface area contributed by atoms with Crippen molar-refractivity contribution in [2.24, 2.45) is 0 Å². The number of nitrogens with two attached hydrogens (primary N) is 1. The maximum atomic E-state index is 12.0. The molecule has 1 aliphatic heterocycles. The zero-order valence-corrected chi connectivity index (χ0v) is 10.9. The van der Waals surface area contributed by atoms with Crippen molar-refractivity contribution < 1.29 is 14.4 Å². The first-order valence-electron chi connectivity index (χ1n) is 5.70. The first-order chi connectivity index (χ1) is 9.56. The number of carbonyl (C=O) groups is 3. The van der Waals surface area contributed by atoms with Crippen molar-refractivity contribution in [1.29, 1.82) is 0 Å². The van der Waals surface area contributed by atoms with Gasteiger partial charge in [0, 0.05) is 5.69 Å². The normalized spacial score (nSPS) is 13.0. The molecular weight excluding hydrogens is 278 g/mol. The van der Waals surface area contributed by atoms with Crippen molar-refractivity contribution in [2.75, 3.05) is 11.1 Å². The molecule has 20 heavy (non-hydrogen) atoms. The monoisotopic (exact) mass is 287 g/mol. The van der Waals surface area contributed by atoms with E-state index in [2.05, 4.69) is 10.6 Å². The minimum absolute atomic E-state index is 0.256. The van der Waals surface area contributed by atoms with Gasteiger partial charge in [0.05, 0.1) is 16.8 Å². The van der Waals surface area contributed by atoms with Gasteiger partial charge in [-0.05, 0) is 29.6 Å². The van der Waals surface area contributed by atoms with Crippen LogP contribution in [0.3, 0.4) is 0 Å². The van der Waals surface area contributed by atoms with Crippen LogP contribution in [0.1, 0.15) is 30.4 Å². The molecule has 2 aromatic rings. The van der Waals surface area contributed by atoms with Gasteiger partial charge in [-0.1, -0.05) is 0 Å². The minimum atomic E-state index is -0.461. The van der Waals surface area contributed by atoms with Crippen LogP contribution in [0.25, 0.3) is 0 Å². The third-order valence-electron chi connectivity index (χ3n) is 2.90. The molecule has 6 nitrogen and oxygen atoms in total. The summed E-state index contributed by atoms with van der Waals surface area (Å²) in [4.78, 5) is 35.3. The molecule has 1 aliphatic rings. The number of thiophene rings is 1. The molecule has 0 bridgehead atoms. The topological polar surface area (TPSA) is 101 Å². The van der Waals surface area contributed by atoms with Crippen molar-refractivity contribution in [1.82, 2.24) is 5.32 Å². The maximum absolute atomic E-state index is 12.0. The number of nitrogen functional groups attached to an aromatic ring is 1. The molecule has 0 aliphatic carbocycles. The highest BCUT2D eigenvalue weighted by molar-refractivity contribution is 7.12. The first kappa shape index (κ1) is 12.4. The predicted octanol–water partition coefficient (Wildman–Crippen LogP) is 1.47. The molecule has 100 valence electrons. The molecule has 0 radical (unpaired) electrons. The number of benzene rings is 1. The van der Waals surface area contributed by atoms with E-state index < -0.39 is 11.8 Å². The highest BCUT2D eigenvalue weighted by atomic mass is 32.1. The zero-order chi connectivity index (χ0) is 14.3. The van der Waals surface area contributed by atoms with Crippen molar-refractivity contribution in [3.05, 3.63) is 45.6 Å². The zero-order valence-electron chi connectivity index (χ0n) is 10.1. The number of hydrogen-bond donors (Lipinski definition) is 3. The molecular formula is C13H9N3O3S. The Labute approximate surface area is 117 Å². The van der Waals surface area contributed by atoms with Gasteiger partial charge in [-0.15, -0.1) is 11.3 Å². The minimum Gasteiger partial charge on any atom is -0.397 e. The summed E-state index contributed by atoms with van der Waals surface area (Å²) in [5.41, 5.74) is 7.07. The summed E-state index contributed by atoms with van der Waals surface area (Å²) in [5.74, 6) is -1.23. The number of imide groups is 1. The lowest BCUT2D eigenvalue weighted by molar-refractivity contribution is 0.0878. The van der Waals surface area contributed by atoms with Crippen LogP contribution in [-0.4, -0.2) is 17.7 Å².